The second-order valence-electron chi connectivity index (χ2n) is 6.12. The van der Waals surface area contributed by atoms with Crippen LogP contribution < -0.4 is 5.32 Å². The molecular weight excluding hydrogens is 268 g/mol. The van der Waals surface area contributed by atoms with Gasteiger partial charge in [-0.2, -0.15) is 0 Å². The molecule has 1 aromatic carbocycles. The van der Waals surface area contributed by atoms with Crippen LogP contribution in [0, 0.1) is 0 Å². The minimum Gasteiger partial charge on any atom is -0.508 e. The Labute approximate surface area is 124 Å². The average molecular weight is 290 g/mol. The van der Waals surface area contributed by atoms with Crippen molar-refractivity contribution in [2.45, 2.75) is 37.6 Å². The Kier molecular flexibility index (Phi) is 3.76. The highest BCUT2D eigenvalue weighted by molar-refractivity contribution is 5.97. The van der Waals surface area contributed by atoms with E-state index in [4.69, 9.17) is 0 Å². The van der Waals surface area contributed by atoms with Gasteiger partial charge in [0.25, 0.3) is 5.91 Å². The summed E-state index contributed by atoms with van der Waals surface area (Å²) in [5.74, 6) is -0.238. The normalized spacial score (nSPS) is 21.4. The van der Waals surface area contributed by atoms with Crippen molar-refractivity contribution in [1.29, 1.82) is 0 Å². The van der Waals surface area contributed by atoms with E-state index in [1.165, 1.54) is 24.6 Å². The Morgan fingerprint density at radius 2 is 1.95 bits per heavy atom. The van der Waals surface area contributed by atoms with Crippen molar-refractivity contribution in [2.24, 2.45) is 0 Å². The minimum atomic E-state index is -0.174. The van der Waals surface area contributed by atoms with Crippen molar-refractivity contribution in [3.05, 3.63) is 23.8 Å². The summed E-state index contributed by atoms with van der Waals surface area (Å²) in [5.41, 5.74) is 0.0627. The lowest BCUT2D eigenvalue weighted by Crippen LogP contribution is -2.63. The Bertz CT molecular complexity index is 530. The molecule has 3 N–H and O–H groups in total. The molecule has 1 spiro atoms. The quantitative estimate of drug-likeness (QED) is 0.690. The van der Waals surface area contributed by atoms with Crippen LogP contribution in [0.1, 0.15) is 42.5 Å². The lowest BCUT2D eigenvalue weighted by atomic mass is 9.78. The lowest BCUT2D eigenvalue weighted by Gasteiger charge is -2.49. The molecule has 0 atom stereocenters. The molecule has 5 heteroatoms. The predicted octanol–water partition coefficient (Wildman–Crippen LogP) is 1.85. The Morgan fingerprint density at radius 1 is 1.19 bits per heavy atom. The number of benzene rings is 1. The molecule has 1 aliphatic heterocycles. The fourth-order valence-electron chi connectivity index (χ4n) is 3.66. The molecule has 1 heterocycles. The highest BCUT2D eigenvalue weighted by Gasteiger charge is 2.42. The monoisotopic (exact) mass is 290 g/mol. The molecule has 114 valence electrons. The summed E-state index contributed by atoms with van der Waals surface area (Å²) in [4.78, 5) is 14.8. The predicted molar refractivity (Wildman–Crippen MR) is 79.5 cm³/mol. The summed E-state index contributed by atoms with van der Waals surface area (Å²) in [5, 5.41) is 22.9. The molecule has 1 saturated carbocycles. The maximum Gasteiger partial charge on any atom is 0.258 e. The first kappa shape index (κ1) is 14.2. The Morgan fingerprint density at radius 3 is 2.71 bits per heavy atom. The van der Waals surface area contributed by atoms with E-state index in [1.807, 2.05) is 4.90 Å². The first-order chi connectivity index (χ1) is 10.1. The first-order valence-electron chi connectivity index (χ1n) is 7.67. The lowest BCUT2D eigenvalue weighted by molar-refractivity contribution is 0.0220. The summed E-state index contributed by atoms with van der Waals surface area (Å²) < 4.78 is 0. The van der Waals surface area contributed by atoms with Gasteiger partial charge in [-0.05, 0) is 31.0 Å². The molecule has 0 radical (unpaired) electrons. The van der Waals surface area contributed by atoms with E-state index in [2.05, 4.69) is 5.32 Å². The summed E-state index contributed by atoms with van der Waals surface area (Å²) >= 11 is 0. The van der Waals surface area contributed by atoms with E-state index in [9.17, 15) is 15.0 Å². The average Bonchev–Trinajstić information content (AvgIpc) is 2.50. The van der Waals surface area contributed by atoms with Gasteiger partial charge in [-0.25, -0.2) is 0 Å². The summed E-state index contributed by atoms with van der Waals surface area (Å²) in [6.07, 6.45) is 5.51. The zero-order valence-electron chi connectivity index (χ0n) is 12.1. The molecule has 0 bridgehead atoms. The molecule has 1 amide bonds. The van der Waals surface area contributed by atoms with E-state index in [1.54, 1.807) is 0 Å². The van der Waals surface area contributed by atoms with Crippen LogP contribution in [0.4, 0.5) is 0 Å². The Hall–Kier alpha value is -1.75. The number of rotatable bonds is 1. The van der Waals surface area contributed by atoms with Crippen molar-refractivity contribution < 1.29 is 15.0 Å². The SMILES string of the molecule is O=C(c1cc(O)ccc1O)N1CCNCC12CCCCC2. The van der Waals surface area contributed by atoms with Gasteiger partial charge in [0.15, 0.2) is 0 Å². The van der Waals surface area contributed by atoms with Crippen molar-refractivity contribution in [2.75, 3.05) is 19.6 Å². The van der Waals surface area contributed by atoms with Gasteiger partial charge < -0.3 is 20.4 Å². The van der Waals surface area contributed by atoms with E-state index >= 15 is 0 Å². The maximum absolute atomic E-state index is 12.9. The number of nitrogens with zero attached hydrogens (tertiary/aromatic N) is 1. The van der Waals surface area contributed by atoms with Gasteiger partial charge in [-0.15, -0.1) is 0 Å². The number of aromatic hydroxyl groups is 2. The van der Waals surface area contributed by atoms with Crippen molar-refractivity contribution in [3.8, 4) is 11.5 Å². The molecule has 2 aliphatic rings. The van der Waals surface area contributed by atoms with Crippen molar-refractivity contribution in [3.63, 3.8) is 0 Å². The standard InChI is InChI=1S/C16H22N2O3/c19-12-4-5-14(20)13(10-12)15(21)18-9-8-17-11-16(18)6-2-1-3-7-16/h4-5,10,17,19-20H,1-3,6-9,11H2. The Balaban J connectivity index is 1.92. The first-order valence-corrected chi connectivity index (χ1v) is 7.67. The van der Waals surface area contributed by atoms with Crippen LogP contribution >= 0.6 is 0 Å². The third-order valence-electron chi connectivity index (χ3n) is 4.78. The van der Waals surface area contributed by atoms with Crippen molar-refractivity contribution in [1.82, 2.24) is 10.2 Å². The molecule has 3 rings (SSSR count). The van der Waals surface area contributed by atoms with E-state index in [0.717, 1.165) is 38.8 Å². The molecule has 1 aliphatic carbocycles. The van der Waals surface area contributed by atoms with Crippen LogP contribution in [0.25, 0.3) is 0 Å². The van der Waals surface area contributed by atoms with Crippen LogP contribution in [0.15, 0.2) is 18.2 Å². The molecule has 1 aromatic rings. The van der Waals surface area contributed by atoms with Crippen LogP contribution in [-0.2, 0) is 0 Å². The van der Waals surface area contributed by atoms with Crippen molar-refractivity contribution >= 4 is 5.91 Å². The fraction of sp³-hybridized carbons (Fsp3) is 0.562. The van der Waals surface area contributed by atoms with Gasteiger partial charge in [-0.1, -0.05) is 19.3 Å². The third-order valence-corrected chi connectivity index (χ3v) is 4.78. The van der Waals surface area contributed by atoms with Crippen LogP contribution in [0.2, 0.25) is 0 Å². The smallest absolute Gasteiger partial charge is 0.258 e. The number of phenolic OH excluding ortho intramolecular Hbond substituents is 2. The number of hydrogen-bond acceptors (Lipinski definition) is 4. The number of phenols is 2. The number of amides is 1. The van der Waals surface area contributed by atoms with E-state index in [-0.39, 0.29) is 28.5 Å². The highest BCUT2D eigenvalue weighted by Crippen LogP contribution is 2.36. The molecule has 2 fully saturated rings. The van der Waals surface area contributed by atoms with Gasteiger partial charge in [0.05, 0.1) is 11.1 Å². The van der Waals surface area contributed by atoms with E-state index < -0.39 is 0 Å². The molecule has 0 unspecified atom stereocenters. The van der Waals surface area contributed by atoms with Gasteiger partial charge in [0, 0.05) is 19.6 Å². The summed E-state index contributed by atoms with van der Waals surface area (Å²) in [6.45, 7) is 2.24. The third kappa shape index (κ3) is 2.58. The highest BCUT2D eigenvalue weighted by atomic mass is 16.3. The largest absolute Gasteiger partial charge is 0.508 e. The second kappa shape index (κ2) is 5.56. The molecular formula is C16H22N2O3. The van der Waals surface area contributed by atoms with Gasteiger partial charge in [-0.3, -0.25) is 4.79 Å². The number of nitrogens with one attached hydrogen (secondary N) is 1. The number of hydrogen-bond donors (Lipinski definition) is 3. The second-order valence-corrected chi connectivity index (χ2v) is 6.12. The van der Waals surface area contributed by atoms with Crippen LogP contribution in [0.3, 0.4) is 0 Å². The van der Waals surface area contributed by atoms with Gasteiger partial charge >= 0.3 is 0 Å². The molecule has 1 saturated heterocycles. The topological polar surface area (TPSA) is 72.8 Å². The van der Waals surface area contributed by atoms with E-state index in [0.29, 0.717) is 6.54 Å². The fourth-order valence-corrected chi connectivity index (χ4v) is 3.66. The van der Waals surface area contributed by atoms with Crippen LogP contribution in [-0.4, -0.2) is 46.2 Å². The molecule has 0 aromatic heterocycles. The number of piperazine rings is 1. The molecule has 5 nitrogen and oxygen atoms in total. The molecule has 21 heavy (non-hydrogen) atoms. The van der Waals surface area contributed by atoms with Crippen LogP contribution in [0.5, 0.6) is 11.5 Å². The minimum absolute atomic E-state index is 0.00368. The number of carbonyl (C=O) groups excluding carboxylic acids is 1. The van der Waals surface area contributed by atoms with Gasteiger partial charge in [0.2, 0.25) is 0 Å². The number of carbonyl (C=O) groups is 1. The summed E-state index contributed by atoms with van der Waals surface area (Å²) in [6, 6.07) is 4.12. The summed E-state index contributed by atoms with van der Waals surface area (Å²) in [7, 11) is 0. The van der Waals surface area contributed by atoms with Gasteiger partial charge in [0.1, 0.15) is 11.5 Å². The zero-order valence-corrected chi connectivity index (χ0v) is 12.1. The maximum atomic E-state index is 12.9. The zero-order chi connectivity index (χ0) is 14.9.